The Hall–Kier alpha value is -3.40. The van der Waals surface area contributed by atoms with Gasteiger partial charge in [0.05, 0.1) is 6.10 Å². The molecule has 0 unspecified atom stereocenters. The molecule has 0 aromatic heterocycles. The maximum absolute atomic E-state index is 12.6. The highest BCUT2D eigenvalue weighted by atomic mass is 16.5. The van der Waals surface area contributed by atoms with Crippen molar-refractivity contribution in [3.8, 4) is 0 Å². The highest BCUT2D eigenvalue weighted by Crippen LogP contribution is 2.21. The molecule has 0 saturated carbocycles. The summed E-state index contributed by atoms with van der Waals surface area (Å²) in [6.07, 6.45) is 1.37. The summed E-state index contributed by atoms with van der Waals surface area (Å²) in [4.78, 5) is 25.1. The van der Waals surface area contributed by atoms with Gasteiger partial charge >= 0.3 is 5.97 Å². The number of ether oxygens (including phenoxy) is 1. The zero-order valence-electron chi connectivity index (χ0n) is 15.3. The van der Waals surface area contributed by atoms with E-state index in [-0.39, 0.29) is 17.7 Å². The van der Waals surface area contributed by atoms with Crippen LogP contribution < -0.4 is 5.32 Å². The van der Waals surface area contributed by atoms with Gasteiger partial charge in [-0.05, 0) is 48.4 Å². The fraction of sp³-hybridized carbons (Fsp3) is 0.130. The lowest BCUT2D eigenvalue weighted by Crippen LogP contribution is -2.29. The molecule has 136 valence electrons. The van der Waals surface area contributed by atoms with Gasteiger partial charge in [-0.15, -0.1) is 0 Å². The van der Waals surface area contributed by atoms with Crippen molar-refractivity contribution >= 4 is 28.7 Å². The summed E-state index contributed by atoms with van der Waals surface area (Å²) in [6, 6.07) is 22.5. The first kappa shape index (κ1) is 18.4. The molecule has 0 spiro atoms. The minimum atomic E-state index is -0.567. The van der Waals surface area contributed by atoms with E-state index in [1.54, 1.807) is 44.2 Å². The molecule has 0 fully saturated rings. The molecule has 3 rings (SSSR count). The van der Waals surface area contributed by atoms with E-state index in [9.17, 15) is 9.59 Å². The van der Waals surface area contributed by atoms with Crippen molar-refractivity contribution in [3.63, 3.8) is 0 Å². The van der Waals surface area contributed by atoms with Crippen molar-refractivity contribution in [2.24, 2.45) is 0 Å². The Morgan fingerprint density at radius 2 is 1.56 bits per heavy atom. The minimum Gasteiger partial charge on any atom is -0.458 e. The molecule has 4 heteroatoms. The van der Waals surface area contributed by atoms with Crippen molar-refractivity contribution in [2.45, 2.75) is 20.0 Å². The molecule has 4 nitrogen and oxygen atoms in total. The van der Waals surface area contributed by atoms with Gasteiger partial charge in [-0.2, -0.15) is 0 Å². The van der Waals surface area contributed by atoms with Crippen molar-refractivity contribution < 1.29 is 14.3 Å². The molecule has 3 aromatic rings. The summed E-state index contributed by atoms with van der Waals surface area (Å²) >= 11 is 0. The molecular weight excluding hydrogens is 338 g/mol. The number of hydrogen-bond donors (Lipinski definition) is 1. The van der Waals surface area contributed by atoms with E-state index in [1.807, 2.05) is 48.5 Å². The van der Waals surface area contributed by atoms with Crippen LogP contribution in [0.1, 0.15) is 29.8 Å². The van der Waals surface area contributed by atoms with Crippen LogP contribution in [0.5, 0.6) is 0 Å². The molecule has 3 aromatic carbocycles. The first-order chi connectivity index (χ1) is 13.0. The summed E-state index contributed by atoms with van der Waals surface area (Å²) in [5.41, 5.74) is 1.41. The van der Waals surface area contributed by atoms with E-state index in [1.165, 1.54) is 0 Å². The lowest BCUT2D eigenvalue weighted by atomic mass is 10.0. The number of carbonyl (C=O) groups is 2. The van der Waals surface area contributed by atoms with Gasteiger partial charge in [0, 0.05) is 5.56 Å². The second kappa shape index (κ2) is 8.32. The summed E-state index contributed by atoms with van der Waals surface area (Å²) < 4.78 is 5.31. The zero-order chi connectivity index (χ0) is 19.2. The second-order valence-corrected chi connectivity index (χ2v) is 6.40. The van der Waals surface area contributed by atoms with Crippen LogP contribution in [0.25, 0.3) is 16.8 Å². The van der Waals surface area contributed by atoms with E-state index in [0.29, 0.717) is 5.56 Å². The Kier molecular flexibility index (Phi) is 5.67. The lowest BCUT2D eigenvalue weighted by Gasteiger charge is -2.13. The van der Waals surface area contributed by atoms with Gasteiger partial charge in [0.25, 0.3) is 5.91 Å². The van der Waals surface area contributed by atoms with Gasteiger partial charge in [0.2, 0.25) is 0 Å². The maximum atomic E-state index is 12.6. The predicted octanol–water partition coefficient (Wildman–Crippen LogP) is 4.56. The molecule has 0 bridgehead atoms. The number of amides is 1. The molecule has 0 aliphatic rings. The van der Waals surface area contributed by atoms with Crippen LogP contribution in [0.4, 0.5) is 0 Å². The van der Waals surface area contributed by atoms with Crippen molar-refractivity contribution in [3.05, 3.63) is 89.6 Å². The van der Waals surface area contributed by atoms with Crippen LogP contribution in [0.3, 0.4) is 0 Å². The first-order valence-electron chi connectivity index (χ1n) is 8.81. The number of nitrogens with one attached hydrogen (secondary N) is 1. The fourth-order valence-electron chi connectivity index (χ4n) is 2.74. The van der Waals surface area contributed by atoms with Crippen LogP contribution in [0, 0.1) is 0 Å². The molecule has 0 saturated heterocycles. The van der Waals surface area contributed by atoms with Crippen LogP contribution in [0.2, 0.25) is 0 Å². The Morgan fingerprint density at radius 3 is 2.30 bits per heavy atom. The van der Waals surface area contributed by atoms with Gasteiger partial charge in [0.15, 0.2) is 0 Å². The summed E-state index contributed by atoms with van der Waals surface area (Å²) in [5.74, 6) is -0.926. The van der Waals surface area contributed by atoms with E-state index in [0.717, 1.165) is 16.3 Å². The number of carbonyl (C=O) groups excluding carboxylic acids is 2. The SMILES string of the molecule is CC(C)OC(=O)C(=Cc1cccc2ccccc12)NC(=O)c1ccccc1. The Morgan fingerprint density at radius 1 is 0.889 bits per heavy atom. The average Bonchev–Trinajstić information content (AvgIpc) is 2.67. The standard InChI is InChI=1S/C23H21NO3/c1-16(2)27-23(26)21(24-22(25)18-10-4-3-5-11-18)15-19-13-8-12-17-9-6-7-14-20(17)19/h3-16H,1-2H3,(H,24,25). The molecule has 1 amide bonds. The van der Waals surface area contributed by atoms with Crippen LogP contribution in [-0.4, -0.2) is 18.0 Å². The minimum absolute atomic E-state index is 0.105. The van der Waals surface area contributed by atoms with Crippen molar-refractivity contribution in [2.75, 3.05) is 0 Å². The van der Waals surface area contributed by atoms with Crippen LogP contribution in [0.15, 0.2) is 78.5 Å². The average molecular weight is 359 g/mol. The quantitative estimate of drug-likeness (QED) is 0.537. The third kappa shape index (κ3) is 4.61. The first-order valence-corrected chi connectivity index (χ1v) is 8.81. The smallest absolute Gasteiger partial charge is 0.355 e. The molecule has 0 radical (unpaired) electrons. The molecule has 0 heterocycles. The molecule has 0 atom stereocenters. The van der Waals surface area contributed by atoms with Gasteiger partial charge in [0.1, 0.15) is 5.70 Å². The summed E-state index contributed by atoms with van der Waals surface area (Å²) in [6.45, 7) is 3.54. The topological polar surface area (TPSA) is 55.4 Å². The fourth-order valence-corrected chi connectivity index (χ4v) is 2.74. The largest absolute Gasteiger partial charge is 0.458 e. The Bertz CT molecular complexity index is 985. The maximum Gasteiger partial charge on any atom is 0.355 e. The number of rotatable bonds is 5. The van der Waals surface area contributed by atoms with Gasteiger partial charge in [-0.3, -0.25) is 4.79 Å². The second-order valence-electron chi connectivity index (χ2n) is 6.40. The molecule has 0 aliphatic heterocycles. The molecule has 0 aliphatic carbocycles. The predicted molar refractivity (Wildman–Crippen MR) is 107 cm³/mol. The lowest BCUT2D eigenvalue weighted by molar-refractivity contribution is -0.142. The van der Waals surface area contributed by atoms with Crippen molar-refractivity contribution in [1.29, 1.82) is 0 Å². The number of fused-ring (bicyclic) bond motifs is 1. The van der Waals surface area contributed by atoms with Crippen LogP contribution >= 0.6 is 0 Å². The van der Waals surface area contributed by atoms with Crippen LogP contribution in [-0.2, 0) is 9.53 Å². The monoisotopic (exact) mass is 359 g/mol. The third-order valence-corrected chi connectivity index (χ3v) is 3.97. The molecule has 27 heavy (non-hydrogen) atoms. The third-order valence-electron chi connectivity index (χ3n) is 3.97. The molecular formula is C23H21NO3. The highest BCUT2D eigenvalue weighted by molar-refractivity contribution is 6.04. The van der Waals surface area contributed by atoms with Crippen molar-refractivity contribution in [1.82, 2.24) is 5.32 Å². The van der Waals surface area contributed by atoms with E-state index in [4.69, 9.17) is 4.74 Å². The van der Waals surface area contributed by atoms with E-state index >= 15 is 0 Å². The Balaban J connectivity index is 1.99. The summed E-state index contributed by atoms with van der Waals surface area (Å²) in [5, 5.41) is 4.74. The zero-order valence-corrected chi connectivity index (χ0v) is 15.3. The van der Waals surface area contributed by atoms with E-state index in [2.05, 4.69) is 5.32 Å². The van der Waals surface area contributed by atoms with Gasteiger partial charge < -0.3 is 10.1 Å². The van der Waals surface area contributed by atoms with E-state index < -0.39 is 5.97 Å². The van der Waals surface area contributed by atoms with Gasteiger partial charge in [-0.25, -0.2) is 4.79 Å². The number of benzene rings is 3. The number of esters is 1. The Labute approximate surface area is 158 Å². The normalized spacial score (nSPS) is 11.4. The highest BCUT2D eigenvalue weighted by Gasteiger charge is 2.17. The summed E-state index contributed by atoms with van der Waals surface area (Å²) in [7, 11) is 0. The van der Waals surface area contributed by atoms with Gasteiger partial charge in [-0.1, -0.05) is 60.7 Å². The molecule has 1 N–H and O–H groups in total. The number of hydrogen-bond acceptors (Lipinski definition) is 3.